The molecule has 0 aliphatic heterocycles. The molecule has 1 aromatic rings. The topological polar surface area (TPSA) is 66.4 Å². The Bertz CT molecular complexity index is 545. The standard InChI is InChI=1S/C16H21NO3/c1-5-16(3,4)15(20)17-13-8-6-12(10-11(13)2)7-9-14(18)19/h6-10H,5H2,1-4H3,(H,17,20)(H,18,19). The van der Waals surface area contributed by atoms with E-state index >= 15 is 0 Å². The molecule has 0 fully saturated rings. The Morgan fingerprint density at radius 3 is 2.50 bits per heavy atom. The minimum atomic E-state index is -0.982. The summed E-state index contributed by atoms with van der Waals surface area (Å²) in [6.07, 6.45) is 3.38. The van der Waals surface area contributed by atoms with E-state index in [0.717, 1.165) is 29.3 Å². The molecule has 0 aliphatic rings. The van der Waals surface area contributed by atoms with Crippen LogP contribution in [0.15, 0.2) is 24.3 Å². The van der Waals surface area contributed by atoms with Crippen molar-refractivity contribution in [2.24, 2.45) is 5.41 Å². The number of carbonyl (C=O) groups is 2. The Balaban J connectivity index is 2.89. The summed E-state index contributed by atoms with van der Waals surface area (Å²) in [5.74, 6) is -0.998. The average molecular weight is 275 g/mol. The zero-order valence-corrected chi connectivity index (χ0v) is 12.4. The molecule has 0 radical (unpaired) electrons. The molecule has 0 heterocycles. The van der Waals surface area contributed by atoms with E-state index in [9.17, 15) is 9.59 Å². The van der Waals surface area contributed by atoms with Gasteiger partial charge in [0, 0.05) is 17.2 Å². The van der Waals surface area contributed by atoms with Gasteiger partial charge >= 0.3 is 5.97 Å². The fraction of sp³-hybridized carbons (Fsp3) is 0.375. The summed E-state index contributed by atoms with van der Waals surface area (Å²) in [6.45, 7) is 7.67. The van der Waals surface area contributed by atoms with E-state index in [1.807, 2.05) is 33.8 Å². The lowest BCUT2D eigenvalue weighted by Crippen LogP contribution is -2.30. The number of benzene rings is 1. The van der Waals surface area contributed by atoms with Crippen LogP contribution in [-0.2, 0) is 9.59 Å². The van der Waals surface area contributed by atoms with E-state index in [-0.39, 0.29) is 5.91 Å². The van der Waals surface area contributed by atoms with E-state index in [2.05, 4.69) is 5.32 Å². The van der Waals surface area contributed by atoms with Crippen LogP contribution in [0, 0.1) is 12.3 Å². The maximum atomic E-state index is 12.1. The molecule has 1 rings (SSSR count). The minimum absolute atomic E-state index is 0.0167. The number of anilines is 1. The van der Waals surface area contributed by atoms with Crippen molar-refractivity contribution in [3.63, 3.8) is 0 Å². The van der Waals surface area contributed by atoms with Crippen LogP contribution in [0.5, 0.6) is 0 Å². The van der Waals surface area contributed by atoms with Crippen LogP contribution in [0.2, 0.25) is 0 Å². The number of aliphatic carboxylic acids is 1. The number of rotatable bonds is 5. The molecule has 0 aliphatic carbocycles. The lowest BCUT2D eigenvalue weighted by atomic mass is 9.89. The third kappa shape index (κ3) is 4.23. The Morgan fingerprint density at radius 2 is 2.00 bits per heavy atom. The zero-order valence-electron chi connectivity index (χ0n) is 12.4. The summed E-state index contributed by atoms with van der Waals surface area (Å²) in [6, 6.07) is 5.41. The van der Waals surface area contributed by atoms with Gasteiger partial charge in [-0.25, -0.2) is 4.79 Å². The molecule has 108 valence electrons. The molecular formula is C16H21NO3. The molecule has 1 amide bonds. The van der Waals surface area contributed by atoms with Crippen LogP contribution in [0.4, 0.5) is 5.69 Å². The van der Waals surface area contributed by atoms with Gasteiger partial charge in [-0.05, 0) is 42.7 Å². The highest BCUT2D eigenvalue weighted by Crippen LogP contribution is 2.24. The first kappa shape index (κ1) is 16.0. The maximum Gasteiger partial charge on any atom is 0.328 e. The van der Waals surface area contributed by atoms with Gasteiger partial charge in [0.05, 0.1) is 0 Å². The first-order valence-corrected chi connectivity index (χ1v) is 6.59. The van der Waals surface area contributed by atoms with Crippen molar-refractivity contribution < 1.29 is 14.7 Å². The number of carboxylic acids is 1. The number of carbonyl (C=O) groups excluding carboxylic acids is 1. The predicted octanol–water partition coefficient (Wildman–Crippen LogP) is 3.47. The van der Waals surface area contributed by atoms with Gasteiger partial charge in [0.15, 0.2) is 0 Å². The van der Waals surface area contributed by atoms with Crippen molar-refractivity contribution in [1.29, 1.82) is 0 Å². The Labute approximate surface area is 119 Å². The van der Waals surface area contributed by atoms with Gasteiger partial charge in [0.25, 0.3) is 0 Å². The van der Waals surface area contributed by atoms with Crippen LogP contribution in [0.3, 0.4) is 0 Å². The predicted molar refractivity (Wildman–Crippen MR) is 80.6 cm³/mol. The largest absolute Gasteiger partial charge is 0.478 e. The molecule has 20 heavy (non-hydrogen) atoms. The van der Waals surface area contributed by atoms with Crippen LogP contribution in [0.25, 0.3) is 6.08 Å². The van der Waals surface area contributed by atoms with Crippen molar-refractivity contribution in [2.45, 2.75) is 34.1 Å². The van der Waals surface area contributed by atoms with E-state index in [4.69, 9.17) is 5.11 Å². The summed E-state index contributed by atoms with van der Waals surface area (Å²) in [5.41, 5.74) is 2.04. The van der Waals surface area contributed by atoms with Gasteiger partial charge in [0.1, 0.15) is 0 Å². The second-order valence-corrected chi connectivity index (χ2v) is 5.44. The number of nitrogens with one attached hydrogen (secondary N) is 1. The fourth-order valence-corrected chi connectivity index (χ4v) is 1.55. The molecule has 0 spiro atoms. The molecule has 2 N–H and O–H groups in total. The van der Waals surface area contributed by atoms with E-state index in [0.29, 0.717) is 0 Å². The van der Waals surface area contributed by atoms with E-state index in [1.54, 1.807) is 12.1 Å². The Hall–Kier alpha value is -2.10. The molecular weight excluding hydrogens is 254 g/mol. The molecule has 4 nitrogen and oxygen atoms in total. The van der Waals surface area contributed by atoms with Crippen molar-refractivity contribution in [3.8, 4) is 0 Å². The molecule has 0 saturated heterocycles. The first-order valence-electron chi connectivity index (χ1n) is 6.59. The maximum absolute atomic E-state index is 12.1. The van der Waals surface area contributed by atoms with Gasteiger partial charge in [-0.1, -0.05) is 26.8 Å². The summed E-state index contributed by atoms with van der Waals surface area (Å²) in [4.78, 5) is 22.6. The summed E-state index contributed by atoms with van der Waals surface area (Å²) < 4.78 is 0. The second-order valence-electron chi connectivity index (χ2n) is 5.44. The van der Waals surface area contributed by atoms with Crippen LogP contribution in [0.1, 0.15) is 38.3 Å². The van der Waals surface area contributed by atoms with Crippen molar-refractivity contribution in [2.75, 3.05) is 5.32 Å². The SMILES string of the molecule is CCC(C)(C)C(=O)Nc1ccc(C=CC(=O)O)cc1C. The van der Waals surface area contributed by atoms with Crippen molar-refractivity contribution in [3.05, 3.63) is 35.4 Å². The molecule has 1 aromatic carbocycles. The highest BCUT2D eigenvalue weighted by atomic mass is 16.4. The summed E-state index contributed by atoms with van der Waals surface area (Å²) in [7, 11) is 0. The van der Waals surface area contributed by atoms with Crippen molar-refractivity contribution in [1.82, 2.24) is 0 Å². The molecule has 4 heteroatoms. The zero-order chi connectivity index (χ0) is 15.3. The van der Waals surface area contributed by atoms with Gasteiger partial charge in [0.2, 0.25) is 5.91 Å². The second kappa shape index (κ2) is 6.37. The Kier molecular flexibility index (Phi) is 5.08. The monoisotopic (exact) mass is 275 g/mol. The average Bonchev–Trinajstić information content (AvgIpc) is 2.38. The first-order chi connectivity index (χ1) is 9.26. The molecule has 0 bridgehead atoms. The highest BCUT2D eigenvalue weighted by molar-refractivity contribution is 5.95. The van der Waals surface area contributed by atoms with Gasteiger partial charge in [-0.2, -0.15) is 0 Å². The van der Waals surface area contributed by atoms with E-state index in [1.165, 1.54) is 6.08 Å². The minimum Gasteiger partial charge on any atom is -0.478 e. The number of hydrogen-bond acceptors (Lipinski definition) is 2. The van der Waals surface area contributed by atoms with Crippen LogP contribution >= 0.6 is 0 Å². The van der Waals surface area contributed by atoms with Gasteiger partial charge in [-0.3, -0.25) is 4.79 Å². The van der Waals surface area contributed by atoms with Gasteiger partial charge in [-0.15, -0.1) is 0 Å². The number of hydrogen-bond donors (Lipinski definition) is 2. The number of carboxylic acid groups (broad SMARTS) is 1. The van der Waals surface area contributed by atoms with Crippen LogP contribution in [-0.4, -0.2) is 17.0 Å². The van der Waals surface area contributed by atoms with Gasteiger partial charge < -0.3 is 10.4 Å². The fourth-order valence-electron chi connectivity index (χ4n) is 1.55. The third-order valence-electron chi connectivity index (χ3n) is 3.42. The summed E-state index contributed by atoms with van der Waals surface area (Å²) in [5, 5.41) is 11.5. The molecule has 0 unspecified atom stereocenters. The smallest absolute Gasteiger partial charge is 0.328 e. The van der Waals surface area contributed by atoms with Crippen LogP contribution < -0.4 is 5.32 Å². The lowest BCUT2D eigenvalue weighted by Gasteiger charge is -2.22. The molecule has 0 aromatic heterocycles. The molecule has 0 saturated carbocycles. The number of aryl methyl sites for hydroxylation is 1. The summed E-state index contributed by atoms with van der Waals surface area (Å²) >= 11 is 0. The quantitative estimate of drug-likeness (QED) is 0.809. The van der Waals surface area contributed by atoms with Crippen molar-refractivity contribution >= 4 is 23.6 Å². The highest BCUT2D eigenvalue weighted by Gasteiger charge is 2.25. The third-order valence-corrected chi connectivity index (χ3v) is 3.42. The number of amides is 1. The lowest BCUT2D eigenvalue weighted by molar-refractivity contribution is -0.131. The normalized spacial score (nSPS) is 11.6. The Morgan fingerprint density at radius 1 is 1.35 bits per heavy atom. The molecule has 0 atom stereocenters. The van der Waals surface area contributed by atoms with E-state index < -0.39 is 11.4 Å².